The summed E-state index contributed by atoms with van der Waals surface area (Å²) in [4.78, 5) is 7.39. The number of benzene rings is 1. The zero-order valence-electron chi connectivity index (χ0n) is 24.2. The van der Waals surface area contributed by atoms with E-state index in [4.69, 9.17) is 21.3 Å². The molecule has 6 rings (SSSR count). The predicted molar refractivity (Wildman–Crippen MR) is 162 cm³/mol. The number of piperidine rings is 1. The van der Waals surface area contributed by atoms with Crippen molar-refractivity contribution in [3.63, 3.8) is 0 Å². The van der Waals surface area contributed by atoms with Gasteiger partial charge in [0.15, 0.2) is 6.29 Å². The van der Waals surface area contributed by atoms with Crippen LogP contribution >= 0.6 is 11.6 Å². The lowest BCUT2D eigenvalue weighted by Crippen LogP contribution is -2.37. The molecule has 1 unspecified atom stereocenters. The largest absolute Gasteiger partial charge is 0.488 e. The molecular formula is C29H40ClN7O3S. The Morgan fingerprint density at radius 3 is 2.49 bits per heavy atom. The van der Waals surface area contributed by atoms with E-state index in [1.165, 1.54) is 54.6 Å². The van der Waals surface area contributed by atoms with Crippen molar-refractivity contribution in [2.45, 2.75) is 93.9 Å². The van der Waals surface area contributed by atoms with Crippen molar-refractivity contribution >= 4 is 38.6 Å². The summed E-state index contributed by atoms with van der Waals surface area (Å²) in [6.07, 6.45) is 10.2. The van der Waals surface area contributed by atoms with Crippen molar-refractivity contribution in [1.29, 1.82) is 0 Å². The Labute approximate surface area is 247 Å². The topological polar surface area (TPSA) is 113 Å². The number of rotatable bonds is 9. The van der Waals surface area contributed by atoms with Crippen molar-refractivity contribution in [3.8, 4) is 5.75 Å². The van der Waals surface area contributed by atoms with E-state index in [1.54, 1.807) is 33.3 Å². The Bertz CT molecular complexity index is 1470. The molecule has 222 valence electrons. The zero-order chi connectivity index (χ0) is 28.9. The van der Waals surface area contributed by atoms with Crippen molar-refractivity contribution in [2.75, 3.05) is 23.7 Å². The molecule has 2 aromatic rings. The first-order valence-electron chi connectivity index (χ1n) is 14.6. The third-order valence-corrected chi connectivity index (χ3v) is 10.7. The SMILES string of the molecule is Cc1cc(NC2N=C(Nc3cn(C)nc3S(=O)(=O)C(C)C)C(Cl)=CN2)c(OC2CC2)cc1C1CCN(C2CC2)CC1. The molecule has 0 spiro atoms. The zero-order valence-corrected chi connectivity index (χ0v) is 25.7. The van der Waals surface area contributed by atoms with Crippen LogP contribution in [0, 0.1) is 6.92 Å². The van der Waals surface area contributed by atoms with Gasteiger partial charge in [0.1, 0.15) is 11.6 Å². The molecule has 2 aliphatic carbocycles. The van der Waals surface area contributed by atoms with Crippen molar-refractivity contribution in [3.05, 3.63) is 40.7 Å². The van der Waals surface area contributed by atoms with Gasteiger partial charge in [0, 0.05) is 25.5 Å². The van der Waals surface area contributed by atoms with Gasteiger partial charge < -0.3 is 25.6 Å². The van der Waals surface area contributed by atoms with E-state index in [0.29, 0.717) is 22.5 Å². The molecule has 1 saturated heterocycles. The minimum Gasteiger partial charge on any atom is -0.488 e. The van der Waals surface area contributed by atoms with Gasteiger partial charge in [-0.3, -0.25) is 4.68 Å². The normalized spacial score (nSPS) is 22.2. The number of nitrogens with one attached hydrogen (secondary N) is 3. The van der Waals surface area contributed by atoms with E-state index >= 15 is 0 Å². The number of sulfone groups is 1. The Balaban J connectivity index is 1.22. The number of aliphatic imine (C=N–C) groups is 1. The number of aromatic nitrogens is 2. The number of aryl methyl sites for hydroxylation is 2. The Hall–Kier alpha value is -2.76. The highest BCUT2D eigenvalue weighted by molar-refractivity contribution is 7.92. The lowest BCUT2D eigenvalue weighted by Gasteiger charge is -2.33. The van der Waals surface area contributed by atoms with Gasteiger partial charge in [-0.15, -0.1) is 0 Å². The highest BCUT2D eigenvalue weighted by Crippen LogP contribution is 2.41. The standard InChI is InChI=1S/C29H40ClN7O3S/c1-17(2)41(38,39)28-25(16-36(4)35-28)32-27-23(30)15-31-29(34-27)33-24-13-18(3)22(14-26(24)40-21-7-8-21)19-9-11-37(12-10-19)20-5-6-20/h13-17,19-21,29,31,33H,5-12H2,1-4H3,(H,32,34). The first-order chi connectivity index (χ1) is 19.6. The minimum absolute atomic E-state index is 0.0282. The van der Waals surface area contributed by atoms with Crippen LogP contribution < -0.4 is 20.7 Å². The molecule has 1 aromatic heterocycles. The lowest BCUT2D eigenvalue weighted by molar-refractivity contribution is 0.203. The summed E-state index contributed by atoms with van der Waals surface area (Å²) < 4.78 is 33.7. The maximum absolute atomic E-state index is 12.9. The third-order valence-electron chi connectivity index (χ3n) is 8.30. The van der Waals surface area contributed by atoms with Gasteiger partial charge in [0.05, 0.1) is 27.8 Å². The lowest BCUT2D eigenvalue weighted by atomic mass is 9.86. The van der Waals surface area contributed by atoms with Gasteiger partial charge in [-0.25, -0.2) is 13.4 Å². The molecule has 10 nitrogen and oxygen atoms in total. The summed E-state index contributed by atoms with van der Waals surface area (Å²) in [5, 5.41) is 13.6. The fourth-order valence-electron chi connectivity index (χ4n) is 5.61. The third kappa shape index (κ3) is 6.22. The molecule has 41 heavy (non-hydrogen) atoms. The molecule has 3 N–H and O–H groups in total. The molecule has 1 atom stereocenters. The van der Waals surface area contributed by atoms with E-state index in [2.05, 4.69) is 45.0 Å². The van der Waals surface area contributed by atoms with Crippen LogP contribution in [0.4, 0.5) is 11.4 Å². The smallest absolute Gasteiger partial charge is 0.201 e. The molecule has 0 amide bonds. The number of nitrogens with zero attached hydrogens (tertiary/aromatic N) is 4. The highest BCUT2D eigenvalue weighted by atomic mass is 35.5. The summed E-state index contributed by atoms with van der Waals surface area (Å²) in [6, 6.07) is 5.23. The first-order valence-corrected chi connectivity index (χ1v) is 16.6. The second-order valence-electron chi connectivity index (χ2n) is 12.0. The van der Waals surface area contributed by atoms with Gasteiger partial charge in [-0.1, -0.05) is 11.6 Å². The second kappa shape index (κ2) is 11.1. The maximum Gasteiger partial charge on any atom is 0.201 e. The summed E-state index contributed by atoms with van der Waals surface area (Å²) >= 11 is 6.48. The average Bonchev–Trinajstić information content (AvgIpc) is 3.87. The maximum atomic E-state index is 12.9. The van der Waals surface area contributed by atoms with Crippen LogP contribution in [0.1, 0.15) is 69.4 Å². The number of amidine groups is 1. The first kappa shape index (κ1) is 28.4. The molecule has 3 fully saturated rings. The van der Waals surface area contributed by atoms with Crippen LogP contribution in [0.15, 0.2) is 39.6 Å². The quantitative estimate of drug-likeness (QED) is 0.380. The van der Waals surface area contributed by atoms with E-state index in [0.717, 1.165) is 30.3 Å². The van der Waals surface area contributed by atoms with Crippen molar-refractivity contribution in [1.82, 2.24) is 20.0 Å². The van der Waals surface area contributed by atoms with Crippen LogP contribution in [0.5, 0.6) is 5.75 Å². The molecular weight excluding hydrogens is 562 g/mol. The van der Waals surface area contributed by atoms with E-state index in [9.17, 15) is 8.42 Å². The summed E-state index contributed by atoms with van der Waals surface area (Å²) in [5.74, 6) is 1.73. The minimum atomic E-state index is -3.61. The Morgan fingerprint density at radius 2 is 1.83 bits per heavy atom. The van der Waals surface area contributed by atoms with Gasteiger partial charge in [-0.2, -0.15) is 5.10 Å². The molecule has 3 heterocycles. The van der Waals surface area contributed by atoms with E-state index < -0.39 is 21.4 Å². The number of ether oxygens (including phenoxy) is 1. The summed E-state index contributed by atoms with van der Waals surface area (Å²) in [6.45, 7) is 7.79. The average molecular weight is 602 g/mol. The fraction of sp³-hybridized carbons (Fsp3) is 0.586. The predicted octanol–water partition coefficient (Wildman–Crippen LogP) is 4.68. The molecule has 1 aromatic carbocycles. The number of hydrogen-bond donors (Lipinski definition) is 3. The molecule has 4 aliphatic rings. The van der Waals surface area contributed by atoms with Gasteiger partial charge in [0.2, 0.25) is 14.9 Å². The number of hydrogen-bond acceptors (Lipinski definition) is 9. The highest BCUT2D eigenvalue weighted by Gasteiger charge is 2.33. The Kier molecular flexibility index (Phi) is 7.71. The number of halogens is 1. The second-order valence-corrected chi connectivity index (χ2v) is 14.8. The van der Waals surface area contributed by atoms with Crippen molar-refractivity contribution in [2.24, 2.45) is 12.0 Å². The van der Waals surface area contributed by atoms with Crippen LogP contribution in [-0.2, 0) is 16.9 Å². The van der Waals surface area contributed by atoms with Gasteiger partial charge in [-0.05, 0) is 102 Å². The van der Waals surface area contributed by atoms with Crippen LogP contribution in [0.25, 0.3) is 0 Å². The molecule has 0 radical (unpaired) electrons. The van der Waals surface area contributed by atoms with E-state index in [1.807, 2.05) is 0 Å². The van der Waals surface area contributed by atoms with E-state index in [-0.39, 0.29) is 11.1 Å². The molecule has 12 heteroatoms. The fourth-order valence-corrected chi connectivity index (χ4v) is 6.87. The van der Waals surface area contributed by atoms with Gasteiger partial charge >= 0.3 is 0 Å². The molecule has 2 aliphatic heterocycles. The molecule has 2 saturated carbocycles. The number of likely N-dealkylation sites (tertiary alicyclic amines) is 1. The monoisotopic (exact) mass is 601 g/mol. The van der Waals surface area contributed by atoms with Crippen LogP contribution in [0.2, 0.25) is 0 Å². The summed E-state index contributed by atoms with van der Waals surface area (Å²) in [5.41, 5.74) is 3.82. The number of anilines is 2. The van der Waals surface area contributed by atoms with Gasteiger partial charge in [0.25, 0.3) is 0 Å². The van der Waals surface area contributed by atoms with Crippen LogP contribution in [-0.4, -0.2) is 65.7 Å². The molecule has 0 bridgehead atoms. The van der Waals surface area contributed by atoms with Crippen LogP contribution in [0.3, 0.4) is 0 Å². The Morgan fingerprint density at radius 1 is 1.10 bits per heavy atom. The van der Waals surface area contributed by atoms with Crippen molar-refractivity contribution < 1.29 is 13.2 Å². The summed E-state index contributed by atoms with van der Waals surface area (Å²) in [7, 11) is -1.93.